The van der Waals surface area contributed by atoms with E-state index in [1.807, 2.05) is 0 Å². The maximum atomic E-state index is 13.8. The highest BCUT2D eigenvalue weighted by Crippen LogP contribution is 2.44. The third-order valence-electron chi connectivity index (χ3n) is 5.48. The van der Waals surface area contributed by atoms with Crippen LogP contribution in [0.2, 0.25) is 0 Å². The monoisotopic (exact) mass is 322 g/mol. The van der Waals surface area contributed by atoms with E-state index in [2.05, 4.69) is 43.3 Å². The molecule has 0 unspecified atom stereocenters. The summed E-state index contributed by atoms with van der Waals surface area (Å²) in [6.07, 6.45) is 3.17. The Hall–Kier alpha value is -2.22. The fraction of sp³-hybridized carbons (Fsp3) is 0.273. The molecule has 24 heavy (non-hydrogen) atoms. The highest BCUT2D eigenvalue weighted by Gasteiger charge is 2.31. The Bertz CT molecular complexity index is 898. The molecule has 2 heteroatoms. The molecule has 1 aliphatic carbocycles. The predicted molar refractivity (Wildman–Crippen MR) is 94.3 cm³/mol. The Morgan fingerprint density at radius 3 is 2.58 bits per heavy atom. The Morgan fingerprint density at radius 2 is 1.79 bits per heavy atom. The molecule has 0 saturated carbocycles. The average Bonchev–Trinajstić information content (AvgIpc) is 2.62. The summed E-state index contributed by atoms with van der Waals surface area (Å²) in [4.78, 5) is 0. The summed E-state index contributed by atoms with van der Waals surface area (Å²) in [5.41, 5.74) is 3.53. The second-order valence-corrected chi connectivity index (χ2v) is 6.71. The Morgan fingerprint density at radius 1 is 0.958 bits per heavy atom. The van der Waals surface area contributed by atoms with Crippen LogP contribution in [0.1, 0.15) is 42.4 Å². The number of aryl methyl sites for hydroxylation is 1. The molecule has 0 aromatic heterocycles. The smallest absolute Gasteiger partial charge is 0.159 e. The summed E-state index contributed by atoms with van der Waals surface area (Å²) in [7, 11) is 0. The summed E-state index contributed by atoms with van der Waals surface area (Å²) >= 11 is 0. The summed E-state index contributed by atoms with van der Waals surface area (Å²) in [6.45, 7) is 2.18. The summed E-state index contributed by atoms with van der Waals surface area (Å²) in [5.74, 6) is -0.932. The molecule has 0 N–H and O–H groups in total. The number of rotatable bonds is 2. The van der Waals surface area contributed by atoms with E-state index in [-0.39, 0.29) is 5.92 Å². The Labute approximate surface area is 141 Å². The first-order chi connectivity index (χ1) is 11.7. The molecule has 2 atom stereocenters. The number of hydrogen-bond donors (Lipinski definition) is 0. The van der Waals surface area contributed by atoms with Crippen LogP contribution in [0.15, 0.2) is 54.6 Å². The maximum absolute atomic E-state index is 13.8. The van der Waals surface area contributed by atoms with Crippen LogP contribution in [0, 0.1) is 17.6 Å². The molecule has 3 aromatic rings. The van der Waals surface area contributed by atoms with Crippen molar-refractivity contribution in [2.24, 2.45) is 5.92 Å². The van der Waals surface area contributed by atoms with Crippen LogP contribution in [-0.2, 0) is 6.42 Å². The quantitative estimate of drug-likeness (QED) is 0.525. The lowest BCUT2D eigenvalue weighted by atomic mass is 9.70. The van der Waals surface area contributed by atoms with Crippen molar-refractivity contribution >= 4 is 10.8 Å². The second-order valence-electron chi connectivity index (χ2n) is 6.71. The van der Waals surface area contributed by atoms with Gasteiger partial charge in [0.15, 0.2) is 11.6 Å². The number of fused-ring (bicyclic) bond motifs is 3. The molecule has 122 valence electrons. The van der Waals surface area contributed by atoms with Gasteiger partial charge in [0.25, 0.3) is 0 Å². The van der Waals surface area contributed by atoms with Gasteiger partial charge in [-0.1, -0.05) is 55.8 Å². The zero-order chi connectivity index (χ0) is 16.7. The van der Waals surface area contributed by atoms with E-state index in [4.69, 9.17) is 0 Å². The highest BCUT2D eigenvalue weighted by atomic mass is 19.2. The SMILES string of the molecule is CC[C@@H]1CCc2c(ccc3ccccc23)[C@H]1c1ccc(F)c(F)c1. The van der Waals surface area contributed by atoms with Gasteiger partial charge < -0.3 is 0 Å². The van der Waals surface area contributed by atoms with Crippen molar-refractivity contribution in [2.45, 2.75) is 32.1 Å². The molecule has 0 saturated heterocycles. The highest BCUT2D eigenvalue weighted by molar-refractivity contribution is 5.87. The molecular weight excluding hydrogens is 302 g/mol. The Kier molecular flexibility index (Phi) is 3.84. The molecule has 0 radical (unpaired) electrons. The van der Waals surface area contributed by atoms with Crippen LogP contribution in [0.3, 0.4) is 0 Å². The van der Waals surface area contributed by atoms with Crippen LogP contribution < -0.4 is 0 Å². The Balaban J connectivity index is 1.92. The van der Waals surface area contributed by atoms with Gasteiger partial charge in [-0.15, -0.1) is 0 Å². The van der Waals surface area contributed by atoms with Gasteiger partial charge in [-0.3, -0.25) is 0 Å². The predicted octanol–water partition coefficient (Wildman–Crippen LogP) is 6.22. The van der Waals surface area contributed by atoms with Gasteiger partial charge in [-0.05, 0) is 58.4 Å². The average molecular weight is 322 g/mol. The number of halogens is 2. The third kappa shape index (κ3) is 2.41. The third-order valence-corrected chi connectivity index (χ3v) is 5.48. The molecule has 0 bridgehead atoms. The van der Waals surface area contributed by atoms with E-state index in [1.165, 1.54) is 34.0 Å². The van der Waals surface area contributed by atoms with E-state index >= 15 is 0 Å². The van der Waals surface area contributed by atoms with Crippen molar-refractivity contribution < 1.29 is 8.78 Å². The zero-order valence-corrected chi connectivity index (χ0v) is 13.7. The van der Waals surface area contributed by atoms with Gasteiger partial charge in [0.05, 0.1) is 0 Å². The molecule has 3 aromatic carbocycles. The minimum absolute atomic E-state index is 0.137. The van der Waals surface area contributed by atoms with Crippen LogP contribution >= 0.6 is 0 Å². The molecule has 0 nitrogen and oxygen atoms in total. The minimum atomic E-state index is -0.777. The van der Waals surface area contributed by atoms with Crippen LogP contribution in [-0.4, -0.2) is 0 Å². The summed E-state index contributed by atoms with van der Waals surface area (Å²) in [6, 6.07) is 17.2. The summed E-state index contributed by atoms with van der Waals surface area (Å²) in [5, 5.41) is 2.53. The maximum Gasteiger partial charge on any atom is 0.159 e. The van der Waals surface area contributed by atoms with Crippen molar-refractivity contribution in [3.05, 3.63) is 82.9 Å². The van der Waals surface area contributed by atoms with Gasteiger partial charge in [-0.25, -0.2) is 8.78 Å². The molecular formula is C22H20F2. The van der Waals surface area contributed by atoms with Crippen LogP contribution in [0.4, 0.5) is 8.78 Å². The van der Waals surface area contributed by atoms with Crippen LogP contribution in [0.25, 0.3) is 10.8 Å². The normalized spacial score (nSPS) is 20.1. The largest absolute Gasteiger partial charge is 0.204 e. The minimum Gasteiger partial charge on any atom is -0.204 e. The van der Waals surface area contributed by atoms with Crippen molar-refractivity contribution in [3.63, 3.8) is 0 Å². The lowest BCUT2D eigenvalue weighted by Gasteiger charge is -2.34. The molecule has 0 amide bonds. The first-order valence-corrected chi connectivity index (χ1v) is 8.64. The second kappa shape index (κ2) is 6.01. The van der Waals surface area contributed by atoms with E-state index < -0.39 is 11.6 Å². The molecule has 0 aliphatic heterocycles. The van der Waals surface area contributed by atoms with E-state index in [1.54, 1.807) is 6.07 Å². The lowest BCUT2D eigenvalue weighted by molar-refractivity contribution is 0.396. The fourth-order valence-electron chi connectivity index (χ4n) is 4.27. The van der Waals surface area contributed by atoms with Crippen molar-refractivity contribution in [3.8, 4) is 0 Å². The molecule has 0 heterocycles. The van der Waals surface area contributed by atoms with Gasteiger partial charge >= 0.3 is 0 Å². The molecule has 0 spiro atoms. The van der Waals surface area contributed by atoms with Crippen molar-refractivity contribution in [2.75, 3.05) is 0 Å². The molecule has 4 rings (SSSR count). The molecule has 1 aliphatic rings. The van der Waals surface area contributed by atoms with Crippen molar-refractivity contribution in [1.29, 1.82) is 0 Å². The first kappa shape index (κ1) is 15.3. The lowest BCUT2D eigenvalue weighted by Crippen LogP contribution is -2.21. The van der Waals surface area contributed by atoms with E-state index in [0.29, 0.717) is 5.92 Å². The fourth-order valence-corrected chi connectivity index (χ4v) is 4.27. The topological polar surface area (TPSA) is 0 Å². The molecule has 0 fully saturated rings. The first-order valence-electron chi connectivity index (χ1n) is 8.64. The van der Waals surface area contributed by atoms with Gasteiger partial charge in [0.2, 0.25) is 0 Å². The number of benzene rings is 3. The standard InChI is InChI=1S/C22H20F2/c1-2-14-7-10-18-17-6-4-3-5-15(17)8-11-19(18)22(14)16-9-12-20(23)21(24)13-16/h3-6,8-9,11-14,22H,2,7,10H2,1H3/t14-,22-/m1/s1. The van der Waals surface area contributed by atoms with Crippen LogP contribution in [0.5, 0.6) is 0 Å². The van der Waals surface area contributed by atoms with E-state index in [9.17, 15) is 8.78 Å². The summed E-state index contributed by atoms with van der Waals surface area (Å²) < 4.78 is 27.2. The van der Waals surface area contributed by atoms with Gasteiger partial charge in [0, 0.05) is 5.92 Å². The van der Waals surface area contributed by atoms with Gasteiger partial charge in [0.1, 0.15) is 0 Å². The van der Waals surface area contributed by atoms with Crippen molar-refractivity contribution in [1.82, 2.24) is 0 Å². The number of hydrogen-bond acceptors (Lipinski definition) is 0. The van der Waals surface area contributed by atoms with Gasteiger partial charge in [-0.2, -0.15) is 0 Å². The van der Waals surface area contributed by atoms with E-state index in [0.717, 1.165) is 24.8 Å². The zero-order valence-electron chi connectivity index (χ0n) is 13.7.